The number of halogens is 4. The molecule has 1 aliphatic rings. The lowest BCUT2D eigenvalue weighted by Gasteiger charge is -2.36. The van der Waals surface area contributed by atoms with Gasteiger partial charge in [0, 0.05) is 32.4 Å². The number of hydrogen-bond acceptors (Lipinski definition) is 4. The Kier molecular flexibility index (Phi) is 5.85. The number of para-hydroxylation sites is 1. The number of aryl methyl sites for hydroxylation is 1. The molecular weight excluding hydrogens is 443 g/mol. The highest BCUT2D eigenvalue weighted by molar-refractivity contribution is 6.33. The van der Waals surface area contributed by atoms with Gasteiger partial charge in [0.05, 0.1) is 33.2 Å². The van der Waals surface area contributed by atoms with Gasteiger partial charge in [-0.2, -0.15) is 18.3 Å². The van der Waals surface area contributed by atoms with Gasteiger partial charge in [0.15, 0.2) is 0 Å². The van der Waals surface area contributed by atoms with E-state index in [1.54, 1.807) is 14.5 Å². The largest absolute Gasteiger partial charge is 0.417 e. The van der Waals surface area contributed by atoms with E-state index in [2.05, 4.69) is 10.1 Å². The zero-order valence-corrected chi connectivity index (χ0v) is 18.3. The molecule has 1 saturated heterocycles. The molecule has 6 nitrogen and oxygen atoms in total. The molecule has 2 aromatic heterocycles. The van der Waals surface area contributed by atoms with Crippen LogP contribution >= 0.6 is 11.6 Å². The minimum Gasteiger partial charge on any atom is -0.352 e. The third kappa shape index (κ3) is 4.17. The number of amides is 1. The molecule has 1 amide bonds. The van der Waals surface area contributed by atoms with Gasteiger partial charge in [-0.15, -0.1) is 0 Å². The topological polar surface area (TPSA) is 54.3 Å². The van der Waals surface area contributed by atoms with E-state index in [-0.39, 0.29) is 16.7 Å². The number of alkyl halides is 3. The van der Waals surface area contributed by atoms with Gasteiger partial charge in [-0.25, -0.2) is 9.67 Å². The Hall–Kier alpha value is -3.07. The van der Waals surface area contributed by atoms with Gasteiger partial charge in [0.1, 0.15) is 5.82 Å². The van der Waals surface area contributed by atoms with Crippen LogP contribution < -0.4 is 4.90 Å². The first-order valence-corrected chi connectivity index (χ1v) is 10.4. The van der Waals surface area contributed by atoms with E-state index in [1.165, 1.54) is 0 Å². The number of benzene rings is 1. The molecule has 10 heteroatoms. The number of pyridine rings is 1. The molecule has 0 atom stereocenters. The average molecular weight is 464 g/mol. The van der Waals surface area contributed by atoms with Crippen LogP contribution in [0.4, 0.5) is 19.0 Å². The van der Waals surface area contributed by atoms with E-state index < -0.39 is 11.7 Å². The van der Waals surface area contributed by atoms with Crippen molar-refractivity contribution < 1.29 is 18.0 Å². The van der Waals surface area contributed by atoms with Gasteiger partial charge in [-0.1, -0.05) is 29.8 Å². The number of piperazine rings is 1. The molecule has 3 aromatic rings. The summed E-state index contributed by atoms with van der Waals surface area (Å²) >= 11 is 6.07. The van der Waals surface area contributed by atoms with Gasteiger partial charge in [-0.3, -0.25) is 4.79 Å². The first-order chi connectivity index (χ1) is 15.2. The summed E-state index contributed by atoms with van der Waals surface area (Å²) in [5, 5.41) is 4.48. The molecule has 0 N–H and O–H groups in total. The van der Waals surface area contributed by atoms with E-state index in [0.29, 0.717) is 37.4 Å². The number of carbonyl (C=O) groups is 1. The number of anilines is 1. The van der Waals surface area contributed by atoms with Gasteiger partial charge in [-0.05, 0) is 32.0 Å². The van der Waals surface area contributed by atoms with E-state index in [1.807, 2.05) is 44.2 Å². The first kappa shape index (κ1) is 22.1. The molecule has 1 fully saturated rings. The van der Waals surface area contributed by atoms with E-state index in [9.17, 15) is 18.0 Å². The minimum absolute atomic E-state index is 0.0598. The Labute approximate surface area is 188 Å². The fourth-order valence-electron chi connectivity index (χ4n) is 3.87. The smallest absolute Gasteiger partial charge is 0.352 e. The van der Waals surface area contributed by atoms with Crippen molar-refractivity contribution in [3.8, 4) is 5.69 Å². The number of aromatic nitrogens is 3. The van der Waals surface area contributed by atoms with Crippen LogP contribution in [0.3, 0.4) is 0 Å². The standard InChI is InChI=1S/C22H21ClF3N5O/c1-14-19(15(2)31(28-14)17-6-4-3-5-7-17)21(32)30-10-8-29(9-11-30)20-18(23)12-16(13-27-20)22(24,25)26/h3-7,12-13H,8-11H2,1-2H3. The highest BCUT2D eigenvalue weighted by atomic mass is 35.5. The van der Waals surface area contributed by atoms with Crippen LogP contribution in [0, 0.1) is 13.8 Å². The van der Waals surface area contributed by atoms with Crippen LogP contribution in [-0.4, -0.2) is 51.8 Å². The molecule has 4 rings (SSSR count). The van der Waals surface area contributed by atoms with Crippen molar-refractivity contribution in [3.05, 3.63) is 70.1 Å². The molecule has 168 valence electrons. The molecule has 32 heavy (non-hydrogen) atoms. The van der Waals surface area contributed by atoms with Crippen molar-refractivity contribution in [2.75, 3.05) is 31.1 Å². The predicted octanol–water partition coefficient (Wildman–Crippen LogP) is 4.52. The Morgan fingerprint density at radius 3 is 2.31 bits per heavy atom. The lowest BCUT2D eigenvalue weighted by molar-refractivity contribution is -0.137. The lowest BCUT2D eigenvalue weighted by atomic mass is 10.1. The maximum absolute atomic E-state index is 13.2. The number of nitrogens with zero attached hydrogens (tertiary/aromatic N) is 5. The maximum atomic E-state index is 13.2. The maximum Gasteiger partial charge on any atom is 0.417 e. The van der Waals surface area contributed by atoms with Crippen molar-refractivity contribution in [3.63, 3.8) is 0 Å². The Morgan fingerprint density at radius 1 is 1.06 bits per heavy atom. The van der Waals surface area contributed by atoms with Crippen molar-refractivity contribution in [1.82, 2.24) is 19.7 Å². The van der Waals surface area contributed by atoms with E-state index in [0.717, 1.165) is 23.6 Å². The molecular formula is C22H21ClF3N5O. The molecule has 1 aliphatic heterocycles. The highest BCUT2D eigenvalue weighted by Gasteiger charge is 2.33. The molecule has 0 unspecified atom stereocenters. The number of carbonyl (C=O) groups excluding carboxylic acids is 1. The van der Waals surface area contributed by atoms with Crippen LogP contribution in [0.2, 0.25) is 5.02 Å². The van der Waals surface area contributed by atoms with Crippen molar-refractivity contribution in [1.29, 1.82) is 0 Å². The van der Waals surface area contributed by atoms with E-state index >= 15 is 0 Å². The van der Waals surface area contributed by atoms with Crippen LogP contribution in [0.25, 0.3) is 5.69 Å². The number of rotatable bonds is 3. The Balaban J connectivity index is 1.49. The molecule has 3 heterocycles. The average Bonchev–Trinajstić information content (AvgIpc) is 3.07. The third-order valence-electron chi connectivity index (χ3n) is 5.52. The number of hydrogen-bond donors (Lipinski definition) is 0. The molecule has 1 aromatic carbocycles. The Bertz CT molecular complexity index is 1140. The summed E-state index contributed by atoms with van der Waals surface area (Å²) in [6.07, 6.45) is -3.72. The summed E-state index contributed by atoms with van der Waals surface area (Å²) in [6.45, 7) is 5.29. The second-order valence-electron chi connectivity index (χ2n) is 7.60. The highest BCUT2D eigenvalue weighted by Crippen LogP contribution is 2.34. The van der Waals surface area contributed by atoms with Gasteiger partial charge < -0.3 is 9.80 Å². The molecule has 0 bridgehead atoms. The second-order valence-corrected chi connectivity index (χ2v) is 8.01. The summed E-state index contributed by atoms with van der Waals surface area (Å²) in [6, 6.07) is 10.5. The van der Waals surface area contributed by atoms with Crippen LogP contribution in [0.5, 0.6) is 0 Å². The van der Waals surface area contributed by atoms with Gasteiger partial charge in [0.2, 0.25) is 0 Å². The lowest BCUT2D eigenvalue weighted by Crippen LogP contribution is -2.49. The first-order valence-electron chi connectivity index (χ1n) is 10.1. The second kappa shape index (κ2) is 8.46. The monoisotopic (exact) mass is 463 g/mol. The SMILES string of the molecule is Cc1nn(-c2ccccc2)c(C)c1C(=O)N1CCN(c2ncc(C(F)(F)F)cc2Cl)CC1. The van der Waals surface area contributed by atoms with Crippen LogP contribution in [0.1, 0.15) is 27.3 Å². The van der Waals surface area contributed by atoms with Crippen LogP contribution in [0.15, 0.2) is 42.6 Å². The summed E-state index contributed by atoms with van der Waals surface area (Å²) < 4.78 is 40.3. The molecule has 0 radical (unpaired) electrons. The van der Waals surface area contributed by atoms with E-state index in [4.69, 9.17) is 11.6 Å². The zero-order chi connectivity index (χ0) is 23.0. The van der Waals surface area contributed by atoms with Crippen LogP contribution in [-0.2, 0) is 6.18 Å². The molecule has 0 aliphatic carbocycles. The fraction of sp³-hybridized carbons (Fsp3) is 0.318. The Morgan fingerprint density at radius 2 is 1.72 bits per heavy atom. The van der Waals surface area contributed by atoms with Crippen molar-refractivity contribution in [2.24, 2.45) is 0 Å². The van der Waals surface area contributed by atoms with Gasteiger partial charge in [0.25, 0.3) is 5.91 Å². The third-order valence-corrected chi connectivity index (χ3v) is 5.80. The summed E-state index contributed by atoms with van der Waals surface area (Å²) in [7, 11) is 0. The molecule has 0 saturated carbocycles. The fourth-order valence-corrected chi connectivity index (χ4v) is 4.16. The molecule has 0 spiro atoms. The predicted molar refractivity (Wildman–Crippen MR) is 115 cm³/mol. The normalized spacial score (nSPS) is 14.7. The minimum atomic E-state index is -4.50. The summed E-state index contributed by atoms with van der Waals surface area (Å²) in [4.78, 5) is 20.7. The summed E-state index contributed by atoms with van der Waals surface area (Å²) in [5.41, 5.74) is 1.95. The summed E-state index contributed by atoms with van der Waals surface area (Å²) in [5.74, 6) is 0.171. The zero-order valence-electron chi connectivity index (χ0n) is 17.5. The van der Waals surface area contributed by atoms with Crippen molar-refractivity contribution in [2.45, 2.75) is 20.0 Å². The van der Waals surface area contributed by atoms with Crippen molar-refractivity contribution >= 4 is 23.3 Å². The van der Waals surface area contributed by atoms with Gasteiger partial charge >= 0.3 is 6.18 Å². The quantitative estimate of drug-likeness (QED) is 0.573.